The third-order valence-electron chi connectivity index (χ3n) is 10.8. The molecular formula is C29H39NO8. The lowest BCUT2D eigenvalue weighted by Gasteiger charge is -2.67. The van der Waals surface area contributed by atoms with Gasteiger partial charge in [-0.05, 0) is 69.4 Å². The highest BCUT2D eigenvalue weighted by atomic mass is 16.6. The van der Waals surface area contributed by atoms with Crippen LogP contribution in [0.5, 0.6) is 0 Å². The Morgan fingerprint density at radius 2 is 1.89 bits per heavy atom. The zero-order chi connectivity index (χ0) is 27.7. The first-order chi connectivity index (χ1) is 17.7. The predicted molar refractivity (Wildman–Crippen MR) is 136 cm³/mol. The van der Waals surface area contributed by atoms with Crippen LogP contribution in [0, 0.1) is 16.7 Å². The molecule has 0 radical (unpaired) electrons. The number of hydrogen-bond acceptors (Lipinski definition) is 9. The standard InChI is InChI=1S/C29H39NO8/c1-17(37-24(33)19-6-5-13-30-16-19)27(34)11-12-29(36)26(27,4)23(38-18(2)31)15-22-25(3)9-8-21(32)14-20(25)7-10-28(22,29)35/h5-7,13,16-17,21-23,32,34-36H,8-12,14-15H2,1-4H3/t17-,21-,22+,23+,25-,26+,27-,28-,29+/m0/s1. The van der Waals surface area contributed by atoms with Crippen LogP contribution in [0.1, 0.15) is 83.0 Å². The summed E-state index contributed by atoms with van der Waals surface area (Å²) in [5.74, 6) is -1.71. The van der Waals surface area contributed by atoms with Gasteiger partial charge in [-0.15, -0.1) is 0 Å². The number of esters is 2. The molecule has 4 aliphatic carbocycles. The van der Waals surface area contributed by atoms with Crippen LogP contribution in [0.15, 0.2) is 36.2 Å². The molecule has 0 bridgehead atoms. The van der Waals surface area contributed by atoms with Gasteiger partial charge in [-0.2, -0.15) is 0 Å². The zero-order valence-corrected chi connectivity index (χ0v) is 22.5. The van der Waals surface area contributed by atoms with Crippen LogP contribution in [0.4, 0.5) is 0 Å². The molecule has 0 aromatic carbocycles. The van der Waals surface area contributed by atoms with Gasteiger partial charge in [0.05, 0.1) is 17.1 Å². The maximum Gasteiger partial charge on any atom is 0.340 e. The predicted octanol–water partition coefficient (Wildman–Crippen LogP) is 2.45. The molecule has 9 heteroatoms. The van der Waals surface area contributed by atoms with E-state index in [-0.39, 0.29) is 31.2 Å². The van der Waals surface area contributed by atoms with Crippen molar-refractivity contribution in [3.63, 3.8) is 0 Å². The molecule has 0 unspecified atom stereocenters. The van der Waals surface area contributed by atoms with Crippen molar-refractivity contribution in [2.45, 2.75) is 108 Å². The number of carbonyl (C=O) groups is 2. The maximum absolute atomic E-state index is 12.9. The number of aromatic nitrogens is 1. The van der Waals surface area contributed by atoms with Gasteiger partial charge in [-0.25, -0.2) is 4.79 Å². The molecule has 5 rings (SSSR count). The summed E-state index contributed by atoms with van der Waals surface area (Å²) in [6.45, 7) is 6.54. The minimum Gasteiger partial charge on any atom is -0.462 e. The van der Waals surface area contributed by atoms with Crippen molar-refractivity contribution in [1.82, 2.24) is 4.98 Å². The summed E-state index contributed by atoms with van der Waals surface area (Å²) in [6.07, 6.45) is 4.45. The molecule has 9 atom stereocenters. The molecule has 1 aromatic rings. The maximum atomic E-state index is 12.9. The number of fused-ring (bicyclic) bond motifs is 5. The summed E-state index contributed by atoms with van der Waals surface area (Å²) in [5.41, 5.74) is -6.09. The van der Waals surface area contributed by atoms with Crippen LogP contribution in [0.2, 0.25) is 0 Å². The topological polar surface area (TPSA) is 146 Å². The van der Waals surface area contributed by atoms with Crippen molar-refractivity contribution in [3.05, 3.63) is 41.7 Å². The zero-order valence-electron chi connectivity index (χ0n) is 22.5. The fourth-order valence-electron chi connectivity index (χ4n) is 8.50. The average Bonchev–Trinajstić information content (AvgIpc) is 3.10. The highest BCUT2D eigenvalue weighted by Gasteiger charge is 2.81. The van der Waals surface area contributed by atoms with Crippen molar-refractivity contribution in [2.75, 3.05) is 0 Å². The highest BCUT2D eigenvalue weighted by Crippen LogP contribution is 2.71. The van der Waals surface area contributed by atoms with Crippen molar-refractivity contribution < 1.29 is 39.5 Å². The number of pyridine rings is 1. The van der Waals surface area contributed by atoms with Crippen molar-refractivity contribution in [1.29, 1.82) is 0 Å². The Kier molecular flexibility index (Phi) is 6.34. The molecule has 208 valence electrons. The third kappa shape index (κ3) is 3.48. The van der Waals surface area contributed by atoms with Gasteiger partial charge < -0.3 is 29.9 Å². The molecule has 3 fully saturated rings. The van der Waals surface area contributed by atoms with Crippen LogP contribution < -0.4 is 0 Å². The van der Waals surface area contributed by atoms with E-state index in [1.807, 2.05) is 6.08 Å². The minimum absolute atomic E-state index is 0.0281. The van der Waals surface area contributed by atoms with Crippen LogP contribution in [-0.4, -0.2) is 72.5 Å². The van der Waals surface area contributed by atoms with Gasteiger partial charge >= 0.3 is 11.9 Å². The second-order valence-corrected chi connectivity index (χ2v) is 12.3. The molecule has 0 saturated heterocycles. The Bertz CT molecular complexity index is 1160. The van der Waals surface area contributed by atoms with Crippen LogP contribution in [-0.2, 0) is 14.3 Å². The van der Waals surface area contributed by atoms with E-state index in [0.717, 1.165) is 5.57 Å². The molecule has 38 heavy (non-hydrogen) atoms. The van der Waals surface area contributed by atoms with E-state index in [0.29, 0.717) is 19.3 Å². The van der Waals surface area contributed by atoms with E-state index < -0.39 is 63.8 Å². The Morgan fingerprint density at radius 3 is 2.55 bits per heavy atom. The first-order valence-electron chi connectivity index (χ1n) is 13.6. The van der Waals surface area contributed by atoms with E-state index in [1.54, 1.807) is 26.0 Å². The fraction of sp³-hybridized carbons (Fsp3) is 0.690. The van der Waals surface area contributed by atoms with Crippen molar-refractivity contribution in [3.8, 4) is 0 Å². The van der Waals surface area contributed by atoms with Gasteiger partial charge in [-0.3, -0.25) is 9.78 Å². The lowest BCUT2D eigenvalue weighted by Crippen LogP contribution is -2.78. The van der Waals surface area contributed by atoms with Gasteiger partial charge in [0.2, 0.25) is 0 Å². The third-order valence-corrected chi connectivity index (χ3v) is 10.8. The lowest BCUT2D eigenvalue weighted by atomic mass is 9.42. The van der Waals surface area contributed by atoms with Crippen LogP contribution >= 0.6 is 0 Å². The first-order valence-corrected chi connectivity index (χ1v) is 13.6. The van der Waals surface area contributed by atoms with E-state index in [4.69, 9.17) is 9.47 Å². The van der Waals surface area contributed by atoms with Crippen molar-refractivity contribution >= 4 is 11.9 Å². The first kappa shape index (κ1) is 27.2. The van der Waals surface area contributed by atoms with E-state index in [1.165, 1.54) is 19.3 Å². The van der Waals surface area contributed by atoms with Gasteiger partial charge in [0.15, 0.2) is 0 Å². The van der Waals surface area contributed by atoms with Gasteiger partial charge in [0, 0.05) is 25.2 Å². The summed E-state index contributed by atoms with van der Waals surface area (Å²) in [5, 5.41) is 47.6. The van der Waals surface area contributed by atoms with E-state index in [9.17, 15) is 30.0 Å². The number of aliphatic hydroxyl groups excluding tert-OH is 1. The molecule has 4 N–H and O–H groups in total. The Hall–Kier alpha value is -2.33. The van der Waals surface area contributed by atoms with Crippen molar-refractivity contribution in [2.24, 2.45) is 16.7 Å². The summed E-state index contributed by atoms with van der Waals surface area (Å²) in [4.78, 5) is 29.2. The quantitative estimate of drug-likeness (QED) is 0.341. The highest BCUT2D eigenvalue weighted by molar-refractivity contribution is 5.89. The second-order valence-electron chi connectivity index (χ2n) is 12.3. The molecular weight excluding hydrogens is 490 g/mol. The molecule has 0 spiro atoms. The van der Waals surface area contributed by atoms with Gasteiger partial charge in [0.1, 0.15) is 29.0 Å². The Labute approximate surface area is 222 Å². The molecule has 0 aliphatic heterocycles. The minimum atomic E-state index is -1.85. The number of carbonyl (C=O) groups excluding carboxylic acids is 2. The summed E-state index contributed by atoms with van der Waals surface area (Å²) < 4.78 is 11.6. The lowest BCUT2D eigenvalue weighted by molar-refractivity contribution is -0.326. The summed E-state index contributed by atoms with van der Waals surface area (Å²) in [6, 6.07) is 3.16. The Morgan fingerprint density at radius 1 is 1.16 bits per heavy atom. The monoisotopic (exact) mass is 529 g/mol. The average molecular weight is 530 g/mol. The number of ether oxygens (including phenoxy) is 2. The van der Waals surface area contributed by atoms with E-state index in [2.05, 4.69) is 11.9 Å². The molecule has 1 heterocycles. The molecule has 4 aliphatic rings. The van der Waals surface area contributed by atoms with E-state index >= 15 is 0 Å². The van der Waals surface area contributed by atoms with Gasteiger partial charge in [0.25, 0.3) is 0 Å². The van der Waals surface area contributed by atoms with Gasteiger partial charge in [-0.1, -0.05) is 25.5 Å². The SMILES string of the molecule is CC(=O)O[C@@H]1C[C@@H]2[C@@]3(C)CC[C@H](O)CC3=CC[C@@]2(O)[C@@]2(O)CC[C@](O)([C@H](C)OC(=O)c3cccnc3)[C@@]12C. The largest absolute Gasteiger partial charge is 0.462 e. The molecule has 9 nitrogen and oxygen atoms in total. The second kappa shape index (κ2) is 8.84. The smallest absolute Gasteiger partial charge is 0.340 e. The Balaban J connectivity index is 1.57. The molecule has 0 amide bonds. The number of nitrogens with zero attached hydrogens (tertiary/aromatic N) is 1. The summed E-state index contributed by atoms with van der Waals surface area (Å²) >= 11 is 0. The number of aliphatic hydroxyl groups is 4. The molecule has 1 aromatic heterocycles. The summed E-state index contributed by atoms with van der Waals surface area (Å²) in [7, 11) is 0. The van der Waals surface area contributed by atoms with Crippen LogP contribution in [0.25, 0.3) is 0 Å². The fourth-order valence-corrected chi connectivity index (χ4v) is 8.50. The van der Waals surface area contributed by atoms with Crippen LogP contribution in [0.3, 0.4) is 0 Å². The molecule has 3 saturated carbocycles. The number of rotatable bonds is 4. The number of hydrogen-bond donors (Lipinski definition) is 4. The normalized spacial score (nSPS) is 44.6.